The van der Waals surface area contributed by atoms with E-state index in [1.165, 1.54) is 11.8 Å². The molecule has 0 aliphatic heterocycles. The number of hydrogen-bond donors (Lipinski definition) is 2. The summed E-state index contributed by atoms with van der Waals surface area (Å²) < 4.78 is 2.04. The average Bonchev–Trinajstić information content (AvgIpc) is 3.03. The maximum atomic E-state index is 11.9. The van der Waals surface area contributed by atoms with Crippen molar-refractivity contribution >= 4 is 44.8 Å². The third-order valence-electron chi connectivity index (χ3n) is 3.33. The first kappa shape index (κ1) is 16.5. The van der Waals surface area contributed by atoms with Gasteiger partial charge in [0.2, 0.25) is 5.91 Å². The van der Waals surface area contributed by atoms with Crippen molar-refractivity contribution in [2.45, 2.75) is 11.3 Å². The van der Waals surface area contributed by atoms with E-state index in [1.807, 2.05) is 61.5 Å². The van der Waals surface area contributed by atoms with Crippen molar-refractivity contribution in [3.63, 3.8) is 0 Å². The zero-order valence-corrected chi connectivity index (χ0v) is 14.8. The molecule has 0 spiro atoms. The SMILES string of the molecule is C/C(=C\NNC(=O)CSc1nc2ccccc2s1)c1ccccc1. The molecular formula is C18H17N3OS2. The van der Waals surface area contributed by atoms with Gasteiger partial charge in [0.05, 0.1) is 16.0 Å². The molecular weight excluding hydrogens is 338 g/mol. The number of aromatic nitrogens is 1. The van der Waals surface area contributed by atoms with Crippen LogP contribution in [0.1, 0.15) is 12.5 Å². The van der Waals surface area contributed by atoms with Crippen LogP contribution in [0.25, 0.3) is 15.8 Å². The summed E-state index contributed by atoms with van der Waals surface area (Å²) in [5, 5.41) is 0. The van der Waals surface area contributed by atoms with Crippen molar-refractivity contribution in [3.05, 3.63) is 66.4 Å². The molecule has 0 fully saturated rings. The van der Waals surface area contributed by atoms with Crippen molar-refractivity contribution in [2.24, 2.45) is 0 Å². The van der Waals surface area contributed by atoms with E-state index < -0.39 is 0 Å². The molecule has 1 aromatic heterocycles. The van der Waals surface area contributed by atoms with Gasteiger partial charge >= 0.3 is 0 Å². The van der Waals surface area contributed by atoms with Gasteiger partial charge in [-0.1, -0.05) is 54.2 Å². The van der Waals surface area contributed by atoms with E-state index in [2.05, 4.69) is 15.8 Å². The average molecular weight is 355 g/mol. The lowest BCUT2D eigenvalue weighted by Crippen LogP contribution is -2.35. The number of hydrogen-bond acceptors (Lipinski definition) is 5. The molecule has 4 nitrogen and oxygen atoms in total. The van der Waals surface area contributed by atoms with Gasteiger partial charge in [0, 0.05) is 6.20 Å². The van der Waals surface area contributed by atoms with Gasteiger partial charge in [0.1, 0.15) is 0 Å². The van der Waals surface area contributed by atoms with Gasteiger partial charge in [-0.3, -0.25) is 10.2 Å². The highest BCUT2D eigenvalue weighted by Gasteiger charge is 2.07. The molecule has 122 valence electrons. The fourth-order valence-corrected chi connectivity index (χ4v) is 3.95. The van der Waals surface area contributed by atoms with E-state index in [0.717, 1.165) is 25.7 Å². The fraction of sp³-hybridized carbons (Fsp3) is 0.111. The molecule has 0 unspecified atom stereocenters. The molecule has 0 atom stereocenters. The van der Waals surface area contributed by atoms with Crippen LogP contribution < -0.4 is 10.9 Å². The van der Waals surface area contributed by atoms with Crippen LogP contribution in [0.3, 0.4) is 0 Å². The Morgan fingerprint density at radius 3 is 2.71 bits per heavy atom. The van der Waals surface area contributed by atoms with E-state index >= 15 is 0 Å². The lowest BCUT2D eigenvalue weighted by molar-refractivity contribution is -0.119. The van der Waals surface area contributed by atoms with Gasteiger partial charge in [-0.15, -0.1) is 11.3 Å². The Hall–Kier alpha value is -2.31. The molecule has 3 rings (SSSR count). The molecule has 0 saturated heterocycles. The minimum atomic E-state index is -0.0867. The first-order valence-corrected chi connectivity index (χ1v) is 9.27. The Bertz CT molecular complexity index is 826. The Morgan fingerprint density at radius 1 is 1.17 bits per heavy atom. The number of thioether (sulfide) groups is 1. The van der Waals surface area contributed by atoms with Gasteiger partial charge in [-0.2, -0.15) is 0 Å². The number of thiazole rings is 1. The minimum absolute atomic E-state index is 0.0867. The number of rotatable bonds is 6. The third-order valence-corrected chi connectivity index (χ3v) is 5.51. The molecule has 2 N–H and O–H groups in total. The monoisotopic (exact) mass is 355 g/mol. The second kappa shape index (κ2) is 7.99. The van der Waals surface area contributed by atoms with Crippen molar-refractivity contribution in [1.82, 2.24) is 15.8 Å². The first-order chi connectivity index (χ1) is 11.7. The summed E-state index contributed by atoms with van der Waals surface area (Å²) in [5.74, 6) is 0.238. The zero-order valence-electron chi connectivity index (χ0n) is 13.2. The standard InChI is InChI=1S/C18H17N3OS2/c1-13(14-7-3-2-4-8-14)11-19-21-17(22)12-23-18-20-15-9-5-6-10-16(15)24-18/h2-11,19H,12H2,1H3,(H,21,22)/b13-11+. The Morgan fingerprint density at radius 2 is 1.92 bits per heavy atom. The van der Waals surface area contributed by atoms with E-state index in [9.17, 15) is 4.79 Å². The highest BCUT2D eigenvalue weighted by Crippen LogP contribution is 2.28. The van der Waals surface area contributed by atoms with Crippen molar-refractivity contribution in [3.8, 4) is 0 Å². The molecule has 24 heavy (non-hydrogen) atoms. The number of para-hydroxylation sites is 1. The number of hydrazine groups is 1. The summed E-state index contributed by atoms with van der Waals surface area (Å²) in [6.45, 7) is 1.99. The van der Waals surface area contributed by atoms with Gasteiger partial charge < -0.3 is 5.43 Å². The van der Waals surface area contributed by atoms with Crippen LogP contribution in [0.5, 0.6) is 0 Å². The van der Waals surface area contributed by atoms with Gasteiger partial charge in [-0.05, 0) is 30.2 Å². The molecule has 6 heteroatoms. The fourth-order valence-electron chi connectivity index (χ4n) is 2.09. The molecule has 0 aliphatic rings. The topological polar surface area (TPSA) is 54.0 Å². The largest absolute Gasteiger partial charge is 0.306 e. The van der Waals surface area contributed by atoms with Crippen molar-refractivity contribution in [2.75, 3.05) is 5.75 Å². The smallest absolute Gasteiger partial charge is 0.248 e. The number of carbonyl (C=O) groups excluding carboxylic acids is 1. The normalized spacial score (nSPS) is 11.5. The highest BCUT2D eigenvalue weighted by atomic mass is 32.2. The molecule has 0 saturated carbocycles. The lowest BCUT2D eigenvalue weighted by atomic mass is 10.1. The Balaban J connectivity index is 1.47. The highest BCUT2D eigenvalue weighted by molar-refractivity contribution is 8.01. The van der Waals surface area contributed by atoms with Crippen LogP contribution in [-0.4, -0.2) is 16.6 Å². The van der Waals surface area contributed by atoms with E-state index in [0.29, 0.717) is 5.75 Å². The number of benzene rings is 2. The molecule has 0 aliphatic carbocycles. The van der Waals surface area contributed by atoms with E-state index in [4.69, 9.17) is 0 Å². The van der Waals surface area contributed by atoms with Crippen LogP contribution in [0, 0.1) is 0 Å². The summed E-state index contributed by atoms with van der Waals surface area (Å²) in [6, 6.07) is 18.0. The summed E-state index contributed by atoms with van der Waals surface area (Å²) in [7, 11) is 0. The van der Waals surface area contributed by atoms with Crippen molar-refractivity contribution < 1.29 is 4.79 Å². The predicted octanol–water partition coefficient (Wildman–Crippen LogP) is 4.07. The predicted molar refractivity (Wildman–Crippen MR) is 102 cm³/mol. The van der Waals surface area contributed by atoms with Crippen LogP contribution in [0.2, 0.25) is 0 Å². The van der Waals surface area contributed by atoms with E-state index in [1.54, 1.807) is 17.5 Å². The maximum absolute atomic E-state index is 11.9. The van der Waals surface area contributed by atoms with Gasteiger partial charge in [0.15, 0.2) is 4.34 Å². The second-order valence-corrected chi connectivity index (χ2v) is 7.38. The molecule has 1 amide bonds. The molecule has 0 bridgehead atoms. The number of fused-ring (bicyclic) bond motifs is 1. The Kier molecular flexibility index (Phi) is 5.51. The summed E-state index contributed by atoms with van der Waals surface area (Å²) >= 11 is 3.05. The van der Waals surface area contributed by atoms with E-state index in [-0.39, 0.29) is 5.91 Å². The second-order valence-electron chi connectivity index (χ2n) is 5.12. The number of amides is 1. The summed E-state index contributed by atoms with van der Waals surface area (Å²) in [4.78, 5) is 16.4. The quantitative estimate of drug-likeness (QED) is 0.517. The van der Waals surface area contributed by atoms with Gasteiger partial charge in [0.25, 0.3) is 0 Å². The third kappa shape index (κ3) is 4.37. The number of nitrogens with one attached hydrogen (secondary N) is 2. The van der Waals surface area contributed by atoms with Crippen LogP contribution in [0.15, 0.2) is 65.1 Å². The van der Waals surface area contributed by atoms with Crippen LogP contribution in [-0.2, 0) is 4.79 Å². The Labute approximate surface area is 149 Å². The van der Waals surface area contributed by atoms with Gasteiger partial charge in [-0.25, -0.2) is 4.98 Å². The summed E-state index contributed by atoms with van der Waals surface area (Å²) in [5.41, 5.74) is 8.67. The molecule has 3 aromatic rings. The van der Waals surface area contributed by atoms with Crippen LogP contribution in [0.4, 0.5) is 0 Å². The zero-order chi connectivity index (χ0) is 16.8. The molecule has 2 aromatic carbocycles. The lowest BCUT2D eigenvalue weighted by Gasteiger charge is -2.06. The number of allylic oxidation sites excluding steroid dienone is 1. The number of carbonyl (C=O) groups is 1. The minimum Gasteiger partial charge on any atom is -0.306 e. The number of nitrogens with zero attached hydrogens (tertiary/aromatic N) is 1. The molecule has 1 heterocycles. The molecule has 0 radical (unpaired) electrons. The first-order valence-electron chi connectivity index (χ1n) is 7.47. The maximum Gasteiger partial charge on any atom is 0.248 e. The van der Waals surface area contributed by atoms with Crippen LogP contribution >= 0.6 is 23.1 Å². The summed E-state index contributed by atoms with van der Waals surface area (Å²) in [6.07, 6.45) is 1.79. The van der Waals surface area contributed by atoms with Crippen molar-refractivity contribution in [1.29, 1.82) is 0 Å².